The number of fused-ring (bicyclic) bond motifs is 1. The molecule has 3 aliphatic rings. The first-order valence-electron chi connectivity index (χ1n) is 10.5. The van der Waals surface area contributed by atoms with Gasteiger partial charge < -0.3 is 20.1 Å². The molecule has 3 N–H and O–H groups in total. The standard InChI is InChI=1S/C22H25FN6O2/c1-12-28-17-10-29(6-3-18(17)30-12)20-9-16(26-11-27-20)21(25)13-7-19(14(23)8-15(13)24)31-22(2)4-5-22/h7-9,11,17-18,25H,3-6,10,24H2,1-2H3. The molecule has 2 unspecified atom stereocenters. The van der Waals surface area contributed by atoms with Crippen LogP contribution in [0.3, 0.4) is 0 Å². The van der Waals surface area contributed by atoms with E-state index in [1.807, 2.05) is 13.8 Å². The highest BCUT2D eigenvalue weighted by Crippen LogP contribution is 2.41. The van der Waals surface area contributed by atoms with Crippen molar-refractivity contribution in [3.63, 3.8) is 0 Å². The van der Waals surface area contributed by atoms with Crippen LogP contribution in [0.4, 0.5) is 15.9 Å². The molecular formula is C22H25FN6O2. The minimum absolute atomic E-state index is 0.0860. The van der Waals surface area contributed by atoms with Crippen LogP contribution >= 0.6 is 0 Å². The molecule has 1 saturated carbocycles. The summed E-state index contributed by atoms with van der Waals surface area (Å²) in [6.07, 6.45) is 4.18. The lowest BCUT2D eigenvalue weighted by molar-refractivity contribution is 0.168. The number of hydrogen-bond donors (Lipinski definition) is 2. The number of ether oxygens (including phenoxy) is 2. The Morgan fingerprint density at radius 3 is 2.90 bits per heavy atom. The van der Waals surface area contributed by atoms with E-state index in [0.29, 0.717) is 17.8 Å². The molecule has 8 nitrogen and oxygen atoms in total. The zero-order valence-corrected chi connectivity index (χ0v) is 17.6. The van der Waals surface area contributed by atoms with E-state index < -0.39 is 5.82 Å². The van der Waals surface area contributed by atoms with Crippen molar-refractivity contribution in [3.8, 4) is 5.75 Å². The van der Waals surface area contributed by atoms with Gasteiger partial charge in [0.15, 0.2) is 17.5 Å². The number of piperidine rings is 1. The first-order valence-corrected chi connectivity index (χ1v) is 10.5. The molecule has 2 atom stereocenters. The van der Waals surface area contributed by atoms with Crippen LogP contribution in [0.2, 0.25) is 0 Å². The summed E-state index contributed by atoms with van der Waals surface area (Å²) in [7, 11) is 0. The van der Waals surface area contributed by atoms with Crippen LogP contribution in [0.25, 0.3) is 0 Å². The molecule has 1 aromatic carbocycles. The van der Waals surface area contributed by atoms with Gasteiger partial charge in [-0.25, -0.2) is 19.4 Å². The van der Waals surface area contributed by atoms with Crippen LogP contribution in [0.1, 0.15) is 44.4 Å². The molecule has 2 fully saturated rings. The third-order valence-electron chi connectivity index (χ3n) is 6.11. The second-order valence-corrected chi connectivity index (χ2v) is 8.66. The molecule has 1 saturated heterocycles. The molecular weight excluding hydrogens is 399 g/mol. The second-order valence-electron chi connectivity index (χ2n) is 8.66. The van der Waals surface area contributed by atoms with Gasteiger partial charge in [-0.1, -0.05) is 0 Å². The first-order chi connectivity index (χ1) is 14.8. The maximum absolute atomic E-state index is 14.4. The van der Waals surface area contributed by atoms with Crippen molar-refractivity contribution in [2.24, 2.45) is 4.99 Å². The third-order valence-corrected chi connectivity index (χ3v) is 6.11. The zero-order valence-electron chi connectivity index (χ0n) is 17.6. The molecule has 1 aliphatic carbocycles. The van der Waals surface area contributed by atoms with Crippen LogP contribution in [-0.2, 0) is 4.74 Å². The fraction of sp³-hybridized carbons (Fsp3) is 0.455. The topological polar surface area (TPSA) is 110 Å². The Labute approximate surface area is 179 Å². The Kier molecular flexibility index (Phi) is 4.56. The van der Waals surface area contributed by atoms with Gasteiger partial charge in [0.1, 0.15) is 29.9 Å². The molecule has 0 radical (unpaired) electrons. The van der Waals surface area contributed by atoms with Crippen molar-refractivity contribution >= 4 is 23.1 Å². The number of nitrogens with two attached hydrogens (primary N) is 1. The molecule has 31 heavy (non-hydrogen) atoms. The van der Waals surface area contributed by atoms with Crippen LogP contribution < -0.4 is 15.4 Å². The summed E-state index contributed by atoms with van der Waals surface area (Å²) < 4.78 is 25.9. The molecule has 0 bridgehead atoms. The summed E-state index contributed by atoms with van der Waals surface area (Å²) in [4.78, 5) is 15.3. The highest BCUT2D eigenvalue weighted by atomic mass is 19.1. The number of nitrogens with one attached hydrogen (secondary N) is 1. The number of rotatable bonds is 5. The normalized spacial score (nSPS) is 23.6. The van der Waals surface area contributed by atoms with Crippen molar-refractivity contribution in [2.75, 3.05) is 23.7 Å². The second kappa shape index (κ2) is 7.18. The molecule has 0 spiro atoms. The average molecular weight is 424 g/mol. The maximum Gasteiger partial charge on any atom is 0.180 e. The van der Waals surface area contributed by atoms with Gasteiger partial charge in [0.05, 0.1) is 11.4 Å². The van der Waals surface area contributed by atoms with E-state index in [1.165, 1.54) is 18.5 Å². The fourth-order valence-corrected chi connectivity index (χ4v) is 4.06. The number of nitrogens with zero attached hydrogens (tertiary/aromatic N) is 4. The summed E-state index contributed by atoms with van der Waals surface area (Å²) in [6, 6.07) is 4.55. The van der Waals surface area contributed by atoms with Gasteiger partial charge in [0, 0.05) is 49.8 Å². The number of anilines is 2. The summed E-state index contributed by atoms with van der Waals surface area (Å²) >= 11 is 0. The summed E-state index contributed by atoms with van der Waals surface area (Å²) in [5, 5.41) is 8.67. The van der Waals surface area contributed by atoms with E-state index in [0.717, 1.165) is 37.5 Å². The Morgan fingerprint density at radius 2 is 2.13 bits per heavy atom. The van der Waals surface area contributed by atoms with Gasteiger partial charge in [-0.15, -0.1) is 0 Å². The first kappa shape index (κ1) is 19.7. The lowest BCUT2D eigenvalue weighted by atomic mass is 10.0. The number of aliphatic imine (C=N–C) groups is 1. The van der Waals surface area contributed by atoms with E-state index >= 15 is 0 Å². The van der Waals surface area contributed by atoms with Gasteiger partial charge in [-0.2, -0.15) is 0 Å². The molecule has 3 heterocycles. The van der Waals surface area contributed by atoms with Gasteiger partial charge in [-0.05, 0) is 25.8 Å². The van der Waals surface area contributed by atoms with E-state index in [1.54, 1.807) is 6.07 Å². The van der Waals surface area contributed by atoms with Crippen LogP contribution in [0.15, 0.2) is 29.5 Å². The fourth-order valence-electron chi connectivity index (χ4n) is 4.06. The summed E-state index contributed by atoms with van der Waals surface area (Å²) in [5.74, 6) is 1.03. The number of benzene rings is 1. The predicted octanol–water partition coefficient (Wildman–Crippen LogP) is 2.94. The minimum atomic E-state index is -0.525. The highest BCUT2D eigenvalue weighted by molar-refractivity contribution is 6.13. The lowest BCUT2D eigenvalue weighted by Gasteiger charge is -2.33. The Bertz CT molecular complexity index is 1080. The SMILES string of the molecule is CC1=NC2CN(c3cc(C(=N)c4cc(OC5(C)CC5)c(F)cc4N)ncn3)CCC2O1. The lowest BCUT2D eigenvalue weighted by Crippen LogP contribution is -2.45. The third kappa shape index (κ3) is 3.80. The smallest absolute Gasteiger partial charge is 0.180 e. The Morgan fingerprint density at radius 1 is 1.32 bits per heavy atom. The predicted molar refractivity (Wildman–Crippen MR) is 116 cm³/mol. The van der Waals surface area contributed by atoms with Crippen molar-refractivity contribution < 1.29 is 13.9 Å². The number of halogens is 1. The largest absolute Gasteiger partial charge is 0.484 e. The summed E-state index contributed by atoms with van der Waals surface area (Å²) in [6.45, 7) is 5.29. The summed E-state index contributed by atoms with van der Waals surface area (Å²) in [5.41, 5.74) is 6.77. The molecule has 0 amide bonds. The van der Waals surface area contributed by atoms with E-state index in [2.05, 4.69) is 19.9 Å². The molecule has 9 heteroatoms. The van der Waals surface area contributed by atoms with Crippen molar-refractivity contribution in [2.45, 2.75) is 50.9 Å². The molecule has 2 aliphatic heterocycles. The van der Waals surface area contributed by atoms with Gasteiger partial charge in [0.25, 0.3) is 0 Å². The molecule has 5 rings (SSSR count). The number of aromatic nitrogens is 2. The van der Waals surface area contributed by atoms with Crippen LogP contribution in [-0.4, -0.2) is 52.4 Å². The minimum Gasteiger partial charge on any atom is -0.484 e. The monoisotopic (exact) mass is 424 g/mol. The van der Waals surface area contributed by atoms with Crippen molar-refractivity contribution in [3.05, 3.63) is 41.6 Å². The van der Waals surface area contributed by atoms with E-state index in [-0.39, 0.29) is 34.9 Å². The number of hydrogen-bond acceptors (Lipinski definition) is 8. The van der Waals surface area contributed by atoms with E-state index in [4.69, 9.17) is 20.6 Å². The Hall–Kier alpha value is -3.23. The molecule has 162 valence electrons. The molecule has 1 aromatic heterocycles. The van der Waals surface area contributed by atoms with E-state index in [9.17, 15) is 4.39 Å². The van der Waals surface area contributed by atoms with Crippen LogP contribution in [0, 0.1) is 11.2 Å². The Balaban J connectivity index is 1.40. The van der Waals surface area contributed by atoms with Gasteiger partial charge in [0.2, 0.25) is 0 Å². The van der Waals surface area contributed by atoms with Gasteiger partial charge in [-0.3, -0.25) is 5.41 Å². The zero-order chi connectivity index (χ0) is 21.8. The van der Waals surface area contributed by atoms with Gasteiger partial charge >= 0.3 is 0 Å². The average Bonchev–Trinajstić information content (AvgIpc) is 3.35. The maximum atomic E-state index is 14.4. The quantitative estimate of drug-likeness (QED) is 0.564. The van der Waals surface area contributed by atoms with Crippen LogP contribution in [0.5, 0.6) is 5.75 Å². The van der Waals surface area contributed by atoms with Crippen molar-refractivity contribution in [1.29, 1.82) is 5.41 Å². The highest BCUT2D eigenvalue weighted by Gasteiger charge is 2.41. The number of nitrogen functional groups attached to an aromatic ring is 1. The molecule has 2 aromatic rings. The van der Waals surface area contributed by atoms with Crippen molar-refractivity contribution in [1.82, 2.24) is 9.97 Å².